The van der Waals surface area contributed by atoms with Gasteiger partial charge in [0.25, 0.3) is 5.56 Å². The van der Waals surface area contributed by atoms with E-state index < -0.39 is 0 Å². The summed E-state index contributed by atoms with van der Waals surface area (Å²) in [5.41, 5.74) is 2.77. The second kappa shape index (κ2) is 4.80. The van der Waals surface area contributed by atoms with Crippen molar-refractivity contribution in [2.45, 2.75) is 6.54 Å². The van der Waals surface area contributed by atoms with Gasteiger partial charge in [-0.05, 0) is 23.8 Å². The first-order chi connectivity index (χ1) is 10.7. The molecule has 5 heteroatoms. The van der Waals surface area contributed by atoms with Crippen LogP contribution in [0.25, 0.3) is 21.9 Å². The van der Waals surface area contributed by atoms with E-state index in [9.17, 15) is 9.18 Å². The van der Waals surface area contributed by atoms with Crippen LogP contribution in [0.4, 0.5) is 4.39 Å². The van der Waals surface area contributed by atoms with Crippen molar-refractivity contribution in [3.63, 3.8) is 0 Å². The minimum Gasteiger partial charge on any atom is -0.349 e. The van der Waals surface area contributed by atoms with Crippen molar-refractivity contribution in [3.05, 3.63) is 76.6 Å². The van der Waals surface area contributed by atoms with Gasteiger partial charge in [0, 0.05) is 10.9 Å². The van der Waals surface area contributed by atoms with E-state index >= 15 is 0 Å². The first-order valence-corrected chi connectivity index (χ1v) is 6.93. The topological polar surface area (TPSA) is 50.7 Å². The number of halogens is 1. The largest absolute Gasteiger partial charge is 0.349 e. The predicted octanol–water partition coefficient (Wildman–Crippen LogP) is 3.07. The van der Waals surface area contributed by atoms with Crippen molar-refractivity contribution >= 4 is 21.9 Å². The van der Waals surface area contributed by atoms with E-state index in [1.54, 1.807) is 12.1 Å². The Kier molecular flexibility index (Phi) is 2.79. The molecule has 108 valence electrons. The van der Waals surface area contributed by atoms with Gasteiger partial charge in [-0.1, -0.05) is 30.3 Å². The standard InChI is InChI=1S/C17H12FN3O/c18-12-7-5-11(6-8-12)9-21-10-19-15-13-3-1-2-4-14(13)20-16(15)17(21)22/h1-8,10,20H,9H2. The highest BCUT2D eigenvalue weighted by molar-refractivity contribution is 6.04. The smallest absolute Gasteiger partial charge is 0.277 e. The van der Waals surface area contributed by atoms with Gasteiger partial charge in [0.2, 0.25) is 0 Å². The number of hydrogen-bond acceptors (Lipinski definition) is 2. The van der Waals surface area contributed by atoms with Gasteiger partial charge >= 0.3 is 0 Å². The fourth-order valence-electron chi connectivity index (χ4n) is 2.64. The van der Waals surface area contributed by atoms with E-state index in [-0.39, 0.29) is 11.4 Å². The summed E-state index contributed by atoms with van der Waals surface area (Å²) in [6, 6.07) is 13.8. The van der Waals surface area contributed by atoms with Crippen molar-refractivity contribution in [1.82, 2.24) is 14.5 Å². The molecule has 0 aliphatic carbocycles. The minimum absolute atomic E-state index is 0.134. The van der Waals surface area contributed by atoms with E-state index in [0.29, 0.717) is 17.6 Å². The molecule has 4 nitrogen and oxygen atoms in total. The van der Waals surface area contributed by atoms with Crippen LogP contribution in [-0.2, 0) is 6.54 Å². The molecule has 0 saturated carbocycles. The Hall–Kier alpha value is -2.95. The Labute approximate surface area is 124 Å². The molecule has 0 fully saturated rings. The van der Waals surface area contributed by atoms with Crippen molar-refractivity contribution in [1.29, 1.82) is 0 Å². The molecule has 0 aliphatic rings. The Balaban J connectivity index is 1.85. The number of aromatic nitrogens is 3. The fourth-order valence-corrected chi connectivity index (χ4v) is 2.64. The molecule has 0 unspecified atom stereocenters. The van der Waals surface area contributed by atoms with Gasteiger partial charge < -0.3 is 4.98 Å². The van der Waals surface area contributed by atoms with E-state index in [2.05, 4.69) is 9.97 Å². The number of rotatable bonds is 2. The van der Waals surface area contributed by atoms with Crippen LogP contribution in [0.1, 0.15) is 5.56 Å². The lowest BCUT2D eigenvalue weighted by atomic mass is 10.2. The molecule has 0 radical (unpaired) electrons. The van der Waals surface area contributed by atoms with Gasteiger partial charge in [0.15, 0.2) is 0 Å². The minimum atomic E-state index is -0.291. The zero-order valence-corrected chi connectivity index (χ0v) is 11.6. The molecule has 0 atom stereocenters. The molecule has 0 saturated heterocycles. The SMILES string of the molecule is O=c1c2[nH]c3ccccc3c2ncn1Cc1ccc(F)cc1. The van der Waals surface area contributed by atoms with Crippen LogP contribution in [0.3, 0.4) is 0 Å². The maximum Gasteiger partial charge on any atom is 0.277 e. The van der Waals surface area contributed by atoms with E-state index in [4.69, 9.17) is 0 Å². The van der Waals surface area contributed by atoms with E-state index in [1.807, 2.05) is 24.3 Å². The summed E-state index contributed by atoms with van der Waals surface area (Å²) in [5, 5.41) is 0.934. The summed E-state index contributed by atoms with van der Waals surface area (Å²) < 4.78 is 14.5. The molecular weight excluding hydrogens is 281 g/mol. The molecule has 0 amide bonds. The van der Waals surface area contributed by atoms with Crippen molar-refractivity contribution in [3.8, 4) is 0 Å². The third-order valence-corrected chi connectivity index (χ3v) is 3.75. The van der Waals surface area contributed by atoms with Crippen molar-refractivity contribution < 1.29 is 4.39 Å². The van der Waals surface area contributed by atoms with Gasteiger partial charge in [-0.3, -0.25) is 9.36 Å². The number of para-hydroxylation sites is 1. The lowest BCUT2D eigenvalue weighted by molar-refractivity contribution is 0.626. The lowest BCUT2D eigenvalue weighted by Gasteiger charge is -2.05. The molecule has 2 heterocycles. The second-order valence-electron chi connectivity index (χ2n) is 5.20. The Bertz CT molecular complexity index is 1030. The summed E-state index contributed by atoms with van der Waals surface area (Å²) in [7, 11) is 0. The van der Waals surface area contributed by atoms with E-state index in [1.165, 1.54) is 23.0 Å². The number of fused-ring (bicyclic) bond motifs is 3. The second-order valence-corrected chi connectivity index (χ2v) is 5.20. The molecule has 0 aliphatic heterocycles. The van der Waals surface area contributed by atoms with Crippen LogP contribution < -0.4 is 5.56 Å². The normalized spacial score (nSPS) is 11.3. The quantitative estimate of drug-likeness (QED) is 0.617. The van der Waals surface area contributed by atoms with Crippen molar-refractivity contribution in [2.24, 2.45) is 0 Å². The summed E-state index contributed by atoms with van der Waals surface area (Å²) in [6.45, 7) is 0.359. The van der Waals surface area contributed by atoms with Gasteiger partial charge in [-0.15, -0.1) is 0 Å². The highest BCUT2D eigenvalue weighted by Crippen LogP contribution is 2.20. The van der Waals surface area contributed by atoms with Crippen LogP contribution >= 0.6 is 0 Å². The fraction of sp³-hybridized carbons (Fsp3) is 0.0588. The molecule has 4 aromatic rings. The Morgan fingerprint density at radius 3 is 2.68 bits per heavy atom. The van der Waals surface area contributed by atoms with E-state index in [0.717, 1.165) is 16.5 Å². The maximum atomic E-state index is 12.9. The molecule has 1 N–H and O–H groups in total. The first-order valence-electron chi connectivity index (χ1n) is 6.93. The highest BCUT2D eigenvalue weighted by atomic mass is 19.1. The number of H-pyrrole nitrogens is 1. The molecular formula is C17H12FN3O. The Morgan fingerprint density at radius 2 is 1.86 bits per heavy atom. The zero-order chi connectivity index (χ0) is 15.1. The average Bonchev–Trinajstić information content (AvgIpc) is 2.92. The van der Waals surface area contributed by atoms with Crippen LogP contribution in [0.2, 0.25) is 0 Å². The number of aromatic amines is 1. The molecule has 0 bridgehead atoms. The average molecular weight is 293 g/mol. The number of hydrogen-bond donors (Lipinski definition) is 1. The third-order valence-electron chi connectivity index (χ3n) is 3.75. The molecule has 4 rings (SSSR count). The lowest BCUT2D eigenvalue weighted by Crippen LogP contribution is -2.21. The molecule has 2 aromatic heterocycles. The summed E-state index contributed by atoms with van der Waals surface area (Å²) >= 11 is 0. The molecule has 0 spiro atoms. The van der Waals surface area contributed by atoms with Gasteiger partial charge in [0.1, 0.15) is 16.9 Å². The zero-order valence-electron chi connectivity index (χ0n) is 11.6. The van der Waals surface area contributed by atoms with Crippen LogP contribution in [0, 0.1) is 5.82 Å². The van der Waals surface area contributed by atoms with Gasteiger partial charge in [-0.25, -0.2) is 9.37 Å². The summed E-state index contributed by atoms with van der Waals surface area (Å²) in [6.07, 6.45) is 1.54. The van der Waals surface area contributed by atoms with Crippen LogP contribution in [0.5, 0.6) is 0 Å². The number of benzene rings is 2. The van der Waals surface area contributed by atoms with Crippen molar-refractivity contribution in [2.75, 3.05) is 0 Å². The summed E-state index contributed by atoms with van der Waals surface area (Å²) in [4.78, 5) is 20.1. The van der Waals surface area contributed by atoms with Crippen LogP contribution in [0.15, 0.2) is 59.7 Å². The predicted molar refractivity (Wildman–Crippen MR) is 83.4 cm³/mol. The van der Waals surface area contributed by atoms with Gasteiger partial charge in [0.05, 0.1) is 12.9 Å². The number of nitrogens with one attached hydrogen (secondary N) is 1. The number of nitrogens with zero attached hydrogens (tertiary/aromatic N) is 2. The molecule has 22 heavy (non-hydrogen) atoms. The monoisotopic (exact) mass is 293 g/mol. The first kappa shape index (κ1) is 12.8. The molecule has 2 aromatic carbocycles. The summed E-state index contributed by atoms with van der Waals surface area (Å²) in [5.74, 6) is -0.291. The van der Waals surface area contributed by atoms with Crippen LogP contribution in [-0.4, -0.2) is 14.5 Å². The van der Waals surface area contributed by atoms with Gasteiger partial charge in [-0.2, -0.15) is 0 Å². The maximum absolute atomic E-state index is 12.9. The Morgan fingerprint density at radius 1 is 1.09 bits per heavy atom. The highest BCUT2D eigenvalue weighted by Gasteiger charge is 2.10. The third kappa shape index (κ3) is 1.98.